The van der Waals surface area contributed by atoms with E-state index in [0.717, 1.165) is 38.8 Å². The lowest BCUT2D eigenvalue weighted by Crippen LogP contribution is -2.45. The van der Waals surface area contributed by atoms with Crippen molar-refractivity contribution in [2.24, 2.45) is 5.92 Å². The number of hydrogen-bond acceptors (Lipinski definition) is 3. The van der Waals surface area contributed by atoms with Gasteiger partial charge in [0.05, 0.1) is 11.7 Å². The fourth-order valence-corrected chi connectivity index (χ4v) is 3.75. The molecule has 122 valence electrons. The second-order valence-electron chi connectivity index (χ2n) is 6.87. The Kier molecular flexibility index (Phi) is 6.06. The van der Waals surface area contributed by atoms with Gasteiger partial charge in [0.15, 0.2) is 0 Å². The molecule has 1 saturated heterocycles. The molecular formula is C17H32N2O2. The molecule has 0 spiro atoms. The van der Waals surface area contributed by atoms with Gasteiger partial charge < -0.3 is 9.64 Å². The first-order chi connectivity index (χ1) is 10.1. The van der Waals surface area contributed by atoms with Gasteiger partial charge in [0.1, 0.15) is 0 Å². The average molecular weight is 296 g/mol. The molecule has 1 amide bonds. The van der Waals surface area contributed by atoms with E-state index in [9.17, 15) is 4.79 Å². The van der Waals surface area contributed by atoms with Crippen LogP contribution in [0, 0.1) is 5.92 Å². The van der Waals surface area contributed by atoms with Crippen LogP contribution in [0.25, 0.3) is 0 Å². The largest absolute Gasteiger partial charge is 0.385 e. The Morgan fingerprint density at radius 2 is 2.00 bits per heavy atom. The number of unbranched alkanes of at least 4 members (excludes halogenated alkanes) is 2. The van der Waals surface area contributed by atoms with Crippen LogP contribution >= 0.6 is 0 Å². The zero-order valence-corrected chi connectivity index (χ0v) is 14.0. The summed E-state index contributed by atoms with van der Waals surface area (Å²) < 4.78 is 5.10. The van der Waals surface area contributed by atoms with Gasteiger partial charge in [-0.15, -0.1) is 0 Å². The molecule has 1 aliphatic carbocycles. The molecule has 4 nitrogen and oxygen atoms in total. The minimum absolute atomic E-state index is 0.271. The van der Waals surface area contributed by atoms with Crippen molar-refractivity contribution >= 4 is 5.91 Å². The summed E-state index contributed by atoms with van der Waals surface area (Å²) in [5, 5.41) is 3.66. The molecule has 21 heavy (non-hydrogen) atoms. The molecule has 1 aliphatic heterocycles. The molecule has 1 N–H and O–H groups in total. The number of amides is 1. The van der Waals surface area contributed by atoms with E-state index in [0.29, 0.717) is 11.8 Å². The lowest BCUT2D eigenvalue weighted by molar-refractivity contribution is -0.133. The van der Waals surface area contributed by atoms with Crippen molar-refractivity contribution < 1.29 is 9.53 Å². The minimum atomic E-state index is -0.347. The van der Waals surface area contributed by atoms with Gasteiger partial charge in [0.2, 0.25) is 5.91 Å². The smallest absolute Gasteiger partial charge is 0.243 e. The average Bonchev–Trinajstić information content (AvgIpc) is 3.09. The molecule has 1 heterocycles. The highest BCUT2D eigenvalue weighted by atomic mass is 16.5. The van der Waals surface area contributed by atoms with Gasteiger partial charge in [-0.2, -0.15) is 0 Å². The molecule has 2 rings (SSSR count). The fraction of sp³-hybridized carbons (Fsp3) is 0.941. The third kappa shape index (κ3) is 3.78. The zero-order chi connectivity index (χ0) is 15.3. The van der Waals surface area contributed by atoms with E-state index in [1.54, 1.807) is 7.11 Å². The molecule has 2 fully saturated rings. The highest BCUT2D eigenvalue weighted by Gasteiger charge is 2.48. The fourth-order valence-electron chi connectivity index (χ4n) is 3.75. The van der Waals surface area contributed by atoms with Crippen molar-refractivity contribution in [1.29, 1.82) is 0 Å². The van der Waals surface area contributed by atoms with Crippen molar-refractivity contribution in [2.75, 3.05) is 20.3 Å². The summed E-state index contributed by atoms with van der Waals surface area (Å²) in [6.45, 7) is 5.90. The van der Waals surface area contributed by atoms with Crippen LogP contribution in [0.2, 0.25) is 0 Å². The maximum atomic E-state index is 12.8. The van der Waals surface area contributed by atoms with Crippen LogP contribution in [-0.4, -0.2) is 42.8 Å². The van der Waals surface area contributed by atoms with Gasteiger partial charge in [-0.3, -0.25) is 10.1 Å². The van der Waals surface area contributed by atoms with Gasteiger partial charge in [-0.1, -0.05) is 19.8 Å². The topological polar surface area (TPSA) is 41.6 Å². The lowest BCUT2D eigenvalue weighted by atomic mass is 9.99. The lowest BCUT2D eigenvalue weighted by Gasteiger charge is -2.29. The number of rotatable bonds is 8. The summed E-state index contributed by atoms with van der Waals surface area (Å²) >= 11 is 0. The second kappa shape index (κ2) is 7.59. The van der Waals surface area contributed by atoms with Crippen LogP contribution in [0.4, 0.5) is 0 Å². The zero-order valence-electron chi connectivity index (χ0n) is 14.0. The molecular weight excluding hydrogens is 264 g/mol. The molecule has 4 heteroatoms. The van der Waals surface area contributed by atoms with Crippen molar-refractivity contribution in [1.82, 2.24) is 10.2 Å². The summed E-state index contributed by atoms with van der Waals surface area (Å²) in [4.78, 5) is 14.9. The molecule has 2 unspecified atom stereocenters. The molecule has 0 radical (unpaired) electrons. The molecule has 0 aromatic rings. The highest BCUT2D eigenvalue weighted by Crippen LogP contribution is 2.35. The van der Waals surface area contributed by atoms with Crippen LogP contribution in [0.3, 0.4) is 0 Å². The van der Waals surface area contributed by atoms with Crippen LogP contribution in [0.15, 0.2) is 0 Å². The third-order valence-electron chi connectivity index (χ3n) is 5.34. The number of carbonyl (C=O) groups excluding carboxylic acids is 1. The van der Waals surface area contributed by atoms with Gasteiger partial charge in [0, 0.05) is 20.3 Å². The number of nitrogens with zero attached hydrogens (tertiary/aromatic N) is 1. The quantitative estimate of drug-likeness (QED) is 0.700. The van der Waals surface area contributed by atoms with Crippen LogP contribution in [0.5, 0.6) is 0 Å². The standard InChI is InChI=1S/C17H32N2O2/c1-4-17(2)16(20)19(12-8-5-9-13-21-3)15(18-17)14-10-6-7-11-14/h14-15,18H,4-13H2,1-3H3. The molecule has 2 atom stereocenters. The molecule has 1 saturated carbocycles. The Hall–Kier alpha value is -0.610. The first kappa shape index (κ1) is 16.8. The van der Waals surface area contributed by atoms with E-state index in [1.165, 1.54) is 25.7 Å². The molecule has 0 aromatic carbocycles. The van der Waals surface area contributed by atoms with Gasteiger partial charge in [-0.05, 0) is 51.4 Å². The minimum Gasteiger partial charge on any atom is -0.385 e. The summed E-state index contributed by atoms with van der Waals surface area (Å²) in [5.74, 6) is 0.968. The Labute approximate surface area is 129 Å². The monoisotopic (exact) mass is 296 g/mol. The van der Waals surface area contributed by atoms with E-state index in [-0.39, 0.29) is 11.7 Å². The summed E-state index contributed by atoms with van der Waals surface area (Å²) in [6.07, 6.45) is 9.63. The van der Waals surface area contributed by atoms with E-state index in [4.69, 9.17) is 4.74 Å². The predicted octanol–water partition coefficient (Wildman–Crippen LogP) is 2.92. The maximum Gasteiger partial charge on any atom is 0.243 e. The van der Waals surface area contributed by atoms with Gasteiger partial charge in [0.25, 0.3) is 0 Å². The number of carbonyl (C=O) groups is 1. The summed E-state index contributed by atoms with van der Waals surface area (Å²) in [6, 6.07) is 0. The maximum absolute atomic E-state index is 12.8. The summed E-state index contributed by atoms with van der Waals surface area (Å²) in [7, 11) is 1.75. The Morgan fingerprint density at radius 3 is 2.62 bits per heavy atom. The van der Waals surface area contributed by atoms with Crippen molar-refractivity contribution in [3.8, 4) is 0 Å². The second-order valence-corrected chi connectivity index (χ2v) is 6.87. The Morgan fingerprint density at radius 1 is 1.29 bits per heavy atom. The number of hydrogen-bond donors (Lipinski definition) is 1. The number of ether oxygens (including phenoxy) is 1. The first-order valence-corrected chi connectivity index (χ1v) is 8.70. The highest BCUT2D eigenvalue weighted by molar-refractivity contribution is 5.88. The van der Waals surface area contributed by atoms with Gasteiger partial charge in [-0.25, -0.2) is 0 Å². The predicted molar refractivity (Wildman–Crippen MR) is 85.0 cm³/mol. The third-order valence-corrected chi connectivity index (χ3v) is 5.34. The van der Waals surface area contributed by atoms with E-state index < -0.39 is 0 Å². The molecule has 0 bridgehead atoms. The van der Waals surface area contributed by atoms with Crippen molar-refractivity contribution in [2.45, 2.75) is 76.9 Å². The normalized spacial score (nSPS) is 30.5. The van der Waals surface area contributed by atoms with Crippen molar-refractivity contribution in [3.05, 3.63) is 0 Å². The Balaban J connectivity index is 1.94. The van der Waals surface area contributed by atoms with Crippen LogP contribution in [0.1, 0.15) is 65.2 Å². The van der Waals surface area contributed by atoms with E-state index in [1.807, 2.05) is 0 Å². The summed E-state index contributed by atoms with van der Waals surface area (Å²) in [5.41, 5.74) is -0.347. The van der Waals surface area contributed by atoms with Crippen LogP contribution in [-0.2, 0) is 9.53 Å². The number of methoxy groups -OCH3 is 1. The van der Waals surface area contributed by atoms with Crippen molar-refractivity contribution in [3.63, 3.8) is 0 Å². The number of nitrogens with one attached hydrogen (secondary N) is 1. The van der Waals surface area contributed by atoms with E-state index in [2.05, 4.69) is 24.1 Å². The van der Waals surface area contributed by atoms with Crippen LogP contribution < -0.4 is 5.32 Å². The molecule has 2 aliphatic rings. The van der Waals surface area contributed by atoms with Gasteiger partial charge >= 0.3 is 0 Å². The molecule has 0 aromatic heterocycles. The van der Waals surface area contributed by atoms with E-state index >= 15 is 0 Å². The Bertz CT molecular complexity index is 342. The first-order valence-electron chi connectivity index (χ1n) is 8.70. The SMILES string of the molecule is CCC1(C)NC(C2CCCC2)N(CCCCCOC)C1=O.